The smallest absolute Gasteiger partial charge is 0.303 e. The van der Waals surface area contributed by atoms with Crippen LogP contribution >= 0.6 is 11.8 Å². The number of hydrogen-bond donors (Lipinski definition) is 1. The first kappa shape index (κ1) is 16.4. The summed E-state index contributed by atoms with van der Waals surface area (Å²) < 4.78 is 6.19. The van der Waals surface area contributed by atoms with Gasteiger partial charge in [0.15, 0.2) is 0 Å². The van der Waals surface area contributed by atoms with Gasteiger partial charge in [-0.1, -0.05) is 25.0 Å². The summed E-state index contributed by atoms with van der Waals surface area (Å²) in [6, 6.07) is 0. The van der Waals surface area contributed by atoms with Crippen molar-refractivity contribution in [2.45, 2.75) is 86.9 Å². The molecule has 0 aromatic carbocycles. The molecule has 0 unspecified atom stereocenters. The highest BCUT2D eigenvalue weighted by Gasteiger charge is 2.49. The summed E-state index contributed by atoms with van der Waals surface area (Å²) >= 11 is 2.22. The Kier molecular flexibility index (Phi) is 5.86. The van der Waals surface area contributed by atoms with Crippen molar-refractivity contribution < 1.29 is 14.6 Å². The van der Waals surface area contributed by atoms with Crippen LogP contribution in [0.4, 0.5) is 0 Å². The molecule has 0 amide bonds. The van der Waals surface area contributed by atoms with E-state index in [0.29, 0.717) is 23.4 Å². The van der Waals surface area contributed by atoms with Gasteiger partial charge in [-0.2, -0.15) is 11.8 Å². The topological polar surface area (TPSA) is 46.5 Å². The molecule has 0 aromatic heterocycles. The van der Waals surface area contributed by atoms with Crippen LogP contribution in [-0.2, 0) is 9.53 Å². The first-order valence-corrected chi connectivity index (χ1v) is 9.86. The molecule has 2 bridgehead atoms. The van der Waals surface area contributed by atoms with E-state index < -0.39 is 5.97 Å². The van der Waals surface area contributed by atoms with Crippen molar-refractivity contribution in [3.05, 3.63) is 12.2 Å². The molecule has 124 valence electrons. The van der Waals surface area contributed by atoms with E-state index in [1.807, 2.05) is 0 Å². The molecule has 0 radical (unpaired) electrons. The highest BCUT2D eigenvalue weighted by atomic mass is 32.2. The summed E-state index contributed by atoms with van der Waals surface area (Å²) in [6.45, 7) is 0. The normalized spacial score (nSPS) is 34.9. The Labute approximate surface area is 137 Å². The molecule has 3 aliphatic rings. The maximum absolute atomic E-state index is 10.5. The number of carboxylic acids is 1. The summed E-state index contributed by atoms with van der Waals surface area (Å²) in [5.41, 5.74) is 0. The Bertz CT molecular complexity index is 403. The Hall–Kier alpha value is -0.480. The van der Waals surface area contributed by atoms with Crippen molar-refractivity contribution >= 4 is 17.7 Å². The van der Waals surface area contributed by atoms with E-state index in [9.17, 15) is 4.79 Å². The molecular formula is C18H28O3S. The van der Waals surface area contributed by atoms with E-state index in [0.717, 1.165) is 24.5 Å². The summed E-state index contributed by atoms with van der Waals surface area (Å²) in [5, 5.41) is 10.2. The van der Waals surface area contributed by atoms with Crippen LogP contribution in [0.25, 0.3) is 0 Å². The number of allylic oxidation sites excluding steroid dienone is 2. The molecule has 2 saturated heterocycles. The zero-order valence-electron chi connectivity index (χ0n) is 13.3. The van der Waals surface area contributed by atoms with Gasteiger partial charge in [0.25, 0.3) is 0 Å². The standard InChI is InChI=1S/C18H28O3S/c19-17(20)10-4-2-1-3-9-14-15-11-12-16(21-15)18(14)22-13-7-5-6-8-13/h1,3,13-16,18H,2,4-12H2,(H,19,20)/t14-,15+,16-,18+/m0/s1. The molecule has 1 aliphatic carbocycles. The quantitative estimate of drug-likeness (QED) is 0.531. The van der Waals surface area contributed by atoms with Crippen LogP contribution in [0.5, 0.6) is 0 Å². The Morgan fingerprint density at radius 3 is 2.68 bits per heavy atom. The summed E-state index contributed by atoms with van der Waals surface area (Å²) in [4.78, 5) is 10.5. The molecule has 0 spiro atoms. The molecule has 0 aromatic rings. The van der Waals surface area contributed by atoms with E-state index in [1.165, 1.54) is 38.5 Å². The lowest BCUT2D eigenvalue weighted by molar-refractivity contribution is -0.137. The van der Waals surface area contributed by atoms with Crippen LogP contribution in [0.2, 0.25) is 0 Å². The van der Waals surface area contributed by atoms with Gasteiger partial charge in [-0.05, 0) is 44.9 Å². The van der Waals surface area contributed by atoms with E-state index >= 15 is 0 Å². The molecular weight excluding hydrogens is 296 g/mol. The molecule has 2 heterocycles. The third-order valence-corrected chi connectivity index (χ3v) is 7.16. The van der Waals surface area contributed by atoms with E-state index in [1.54, 1.807) is 0 Å². The highest BCUT2D eigenvalue weighted by Crippen LogP contribution is 2.49. The van der Waals surface area contributed by atoms with Gasteiger partial charge in [0, 0.05) is 22.8 Å². The van der Waals surface area contributed by atoms with Gasteiger partial charge in [-0.15, -0.1) is 0 Å². The third-order valence-electron chi connectivity index (χ3n) is 5.34. The van der Waals surface area contributed by atoms with Gasteiger partial charge in [0.05, 0.1) is 12.2 Å². The van der Waals surface area contributed by atoms with Crippen molar-refractivity contribution in [3.8, 4) is 0 Å². The van der Waals surface area contributed by atoms with Crippen molar-refractivity contribution in [2.75, 3.05) is 0 Å². The zero-order chi connectivity index (χ0) is 15.4. The number of aliphatic carboxylic acids is 1. The first-order chi connectivity index (χ1) is 10.7. The average Bonchev–Trinajstić information content (AvgIpc) is 3.21. The number of carboxylic acid groups (broad SMARTS) is 1. The van der Waals surface area contributed by atoms with Crippen molar-refractivity contribution in [1.82, 2.24) is 0 Å². The van der Waals surface area contributed by atoms with Crippen LogP contribution in [0.1, 0.15) is 64.2 Å². The first-order valence-electron chi connectivity index (χ1n) is 8.92. The molecule has 3 fully saturated rings. The predicted molar refractivity (Wildman–Crippen MR) is 90.3 cm³/mol. The largest absolute Gasteiger partial charge is 0.481 e. The number of carbonyl (C=O) groups is 1. The monoisotopic (exact) mass is 324 g/mol. The lowest BCUT2D eigenvalue weighted by Crippen LogP contribution is -2.30. The molecule has 3 nitrogen and oxygen atoms in total. The number of unbranched alkanes of at least 4 members (excludes halogenated alkanes) is 1. The van der Waals surface area contributed by atoms with Gasteiger partial charge in [-0.3, -0.25) is 4.79 Å². The van der Waals surface area contributed by atoms with Crippen LogP contribution in [0.3, 0.4) is 0 Å². The fraction of sp³-hybridized carbons (Fsp3) is 0.833. The lowest BCUT2D eigenvalue weighted by atomic mass is 9.86. The maximum Gasteiger partial charge on any atom is 0.303 e. The third kappa shape index (κ3) is 4.08. The van der Waals surface area contributed by atoms with Crippen LogP contribution in [-0.4, -0.2) is 33.8 Å². The zero-order valence-corrected chi connectivity index (χ0v) is 14.1. The lowest BCUT2D eigenvalue weighted by Gasteiger charge is -2.28. The summed E-state index contributed by atoms with van der Waals surface area (Å²) in [5.74, 6) is -0.0111. The van der Waals surface area contributed by atoms with Gasteiger partial charge in [0.2, 0.25) is 0 Å². The second kappa shape index (κ2) is 7.87. The maximum atomic E-state index is 10.5. The Morgan fingerprint density at radius 1 is 1.14 bits per heavy atom. The number of rotatable bonds is 8. The molecule has 1 saturated carbocycles. The average molecular weight is 324 g/mol. The molecule has 2 aliphatic heterocycles. The Morgan fingerprint density at radius 2 is 1.91 bits per heavy atom. The number of thioether (sulfide) groups is 1. The fourth-order valence-corrected chi connectivity index (χ4v) is 6.11. The van der Waals surface area contributed by atoms with Crippen LogP contribution < -0.4 is 0 Å². The van der Waals surface area contributed by atoms with Gasteiger partial charge >= 0.3 is 5.97 Å². The van der Waals surface area contributed by atoms with Gasteiger partial charge < -0.3 is 9.84 Å². The highest BCUT2D eigenvalue weighted by molar-refractivity contribution is 8.00. The van der Waals surface area contributed by atoms with E-state index in [2.05, 4.69) is 23.9 Å². The molecule has 3 rings (SSSR count). The molecule has 22 heavy (non-hydrogen) atoms. The SMILES string of the molecule is O=C(O)CCCC=CC[C@@H]1[C@@H](SC2CCCC2)[C@@H]2CC[C@H]1O2. The molecule has 1 N–H and O–H groups in total. The van der Waals surface area contributed by atoms with Gasteiger partial charge in [-0.25, -0.2) is 0 Å². The number of hydrogen-bond acceptors (Lipinski definition) is 3. The fourth-order valence-electron chi connectivity index (χ4n) is 4.20. The second-order valence-electron chi connectivity index (χ2n) is 6.95. The van der Waals surface area contributed by atoms with Crippen LogP contribution in [0, 0.1) is 5.92 Å². The molecule has 4 atom stereocenters. The van der Waals surface area contributed by atoms with Crippen molar-refractivity contribution in [1.29, 1.82) is 0 Å². The summed E-state index contributed by atoms with van der Waals surface area (Å²) in [7, 11) is 0. The summed E-state index contributed by atoms with van der Waals surface area (Å²) in [6.07, 6.45) is 16.6. The predicted octanol–water partition coefficient (Wildman–Crippen LogP) is 4.41. The number of fused-ring (bicyclic) bond motifs is 2. The van der Waals surface area contributed by atoms with Crippen LogP contribution in [0.15, 0.2) is 12.2 Å². The van der Waals surface area contributed by atoms with Crippen molar-refractivity contribution in [2.24, 2.45) is 5.92 Å². The van der Waals surface area contributed by atoms with E-state index in [4.69, 9.17) is 9.84 Å². The van der Waals surface area contributed by atoms with E-state index in [-0.39, 0.29) is 6.42 Å². The number of ether oxygens (including phenoxy) is 1. The second-order valence-corrected chi connectivity index (χ2v) is 8.44. The Balaban J connectivity index is 1.45. The molecule has 4 heteroatoms. The van der Waals surface area contributed by atoms with Gasteiger partial charge in [0.1, 0.15) is 0 Å². The van der Waals surface area contributed by atoms with Crippen molar-refractivity contribution in [3.63, 3.8) is 0 Å². The minimum Gasteiger partial charge on any atom is -0.481 e. The minimum atomic E-state index is -0.692. The minimum absolute atomic E-state index is 0.279.